The van der Waals surface area contributed by atoms with Crippen LogP contribution in [-0.4, -0.2) is 9.68 Å². The Morgan fingerprint density at radius 3 is 2.22 bits per heavy atom. The minimum absolute atomic E-state index is 0.211. The van der Waals surface area contributed by atoms with Crippen LogP contribution in [0.15, 0.2) is 24.3 Å². The highest BCUT2D eigenvalue weighted by Crippen LogP contribution is 1.90. The van der Waals surface area contributed by atoms with E-state index in [4.69, 9.17) is 5.40 Å². The first kappa shape index (κ1) is 6.45. The van der Waals surface area contributed by atoms with E-state index in [2.05, 4.69) is 0 Å². The summed E-state index contributed by atoms with van der Waals surface area (Å²) in [5, 5.41) is 6.29. The molecule has 2 radical (unpaired) electrons. The van der Waals surface area contributed by atoms with Crippen molar-refractivity contribution >= 4 is 14.9 Å². The molecule has 0 saturated heterocycles. The van der Waals surface area contributed by atoms with E-state index in [-0.39, 0.29) is 15.5 Å². The molecule has 0 aromatic heterocycles. The van der Waals surface area contributed by atoms with Gasteiger partial charge >= 0.3 is 0 Å². The lowest BCUT2D eigenvalue weighted by Crippen LogP contribution is -2.22. The average Bonchev–Trinajstić information content (AvgIpc) is 1.90. The summed E-state index contributed by atoms with van der Waals surface area (Å²) in [6.07, 6.45) is 0. The van der Waals surface area contributed by atoms with Crippen LogP contribution >= 0.6 is 0 Å². The van der Waals surface area contributed by atoms with Crippen LogP contribution in [0.25, 0.3) is 0 Å². The fraction of sp³-hybridized carbons (Fsp3) is 0. The van der Waals surface area contributed by atoms with Crippen LogP contribution in [0.2, 0.25) is 0 Å². The van der Waals surface area contributed by atoms with E-state index >= 15 is 0 Å². The van der Waals surface area contributed by atoms with Gasteiger partial charge in [-0.25, -0.2) is 4.39 Å². The van der Waals surface area contributed by atoms with Gasteiger partial charge in [0.25, 0.3) is 0 Å². The minimum Gasteiger partial charge on any atom is -0.349 e. The van der Waals surface area contributed by atoms with Crippen LogP contribution in [0.1, 0.15) is 0 Å². The largest absolute Gasteiger partial charge is 0.349 e. The lowest BCUT2D eigenvalue weighted by Gasteiger charge is -1.90. The van der Waals surface area contributed by atoms with Crippen LogP contribution in [0, 0.1) is 5.82 Å². The van der Waals surface area contributed by atoms with Crippen molar-refractivity contribution in [3.8, 4) is 0 Å². The molecule has 0 saturated carbocycles. The molecule has 0 atom stereocenters. The number of nitrogens with two attached hydrogens (primary N) is 1. The molecule has 0 fully saturated rings. The molecule has 2 N–H and O–H groups in total. The summed E-state index contributed by atoms with van der Waals surface area (Å²) in [5.74, 6) is -0.211. The zero-order valence-corrected chi connectivity index (χ0v) is 5.76. The van der Waals surface area contributed by atoms with Gasteiger partial charge in [-0.2, -0.15) is 0 Å². The molecule has 0 unspecified atom stereocenters. The van der Waals surface area contributed by atoms with E-state index in [0.717, 1.165) is 5.19 Å². The number of rotatable bonds is 1. The van der Waals surface area contributed by atoms with Gasteiger partial charge in [0, 0.05) is 0 Å². The molecule has 1 aromatic carbocycles. The smallest absolute Gasteiger partial charge is 0.176 e. The summed E-state index contributed by atoms with van der Waals surface area (Å²) < 4.78 is 12.2. The van der Waals surface area contributed by atoms with Crippen molar-refractivity contribution in [2.45, 2.75) is 0 Å². The highest BCUT2D eigenvalue weighted by molar-refractivity contribution is 6.49. The van der Waals surface area contributed by atoms with Gasteiger partial charge < -0.3 is 5.40 Å². The Morgan fingerprint density at radius 1 is 1.22 bits per heavy atom. The second-order valence-corrected chi connectivity index (χ2v) is 2.52. The average molecular weight is 139 g/mol. The molecule has 0 spiro atoms. The first-order chi connectivity index (χ1) is 4.33. The fourth-order valence-electron chi connectivity index (χ4n) is 0.546. The van der Waals surface area contributed by atoms with E-state index in [1.54, 1.807) is 12.1 Å². The molecule has 0 heterocycles. The number of hydrogen-bond donors (Lipinski definition) is 1. The Balaban J connectivity index is 2.88. The maximum absolute atomic E-state index is 12.2. The minimum atomic E-state index is -0.211. The van der Waals surface area contributed by atoms with Gasteiger partial charge in [-0.3, -0.25) is 0 Å². The first-order valence-electron chi connectivity index (χ1n) is 2.55. The second kappa shape index (κ2) is 2.75. The fourth-order valence-corrected chi connectivity index (χ4v) is 0.905. The SMILES string of the molecule is N[Si]c1ccc(F)cc1. The summed E-state index contributed by atoms with van der Waals surface area (Å²) in [6.45, 7) is 0. The standard InChI is InChI=1S/C6H6FNSi/c7-5-1-3-6(9-8)4-2-5/h1-4H,8H2. The van der Waals surface area contributed by atoms with Gasteiger partial charge in [0.15, 0.2) is 9.68 Å². The molecular weight excluding hydrogens is 133 g/mol. The first-order valence-corrected chi connectivity index (χ1v) is 3.63. The molecule has 0 aliphatic heterocycles. The van der Waals surface area contributed by atoms with Gasteiger partial charge in [0.05, 0.1) is 0 Å². The number of halogens is 1. The molecule has 3 heteroatoms. The van der Waals surface area contributed by atoms with Crippen molar-refractivity contribution < 1.29 is 4.39 Å². The summed E-state index contributed by atoms with van der Waals surface area (Å²) in [7, 11) is 0.260. The Labute approximate surface area is 55.6 Å². The van der Waals surface area contributed by atoms with Gasteiger partial charge in [-0.05, 0) is 17.3 Å². The van der Waals surface area contributed by atoms with Crippen LogP contribution in [0.4, 0.5) is 4.39 Å². The van der Waals surface area contributed by atoms with Crippen molar-refractivity contribution in [3.05, 3.63) is 30.1 Å². The third-order valence-electron chi connectivity index (χ3n) is 1.01. The monoisotopic (exact) mass is 139 g/mol. The molecule has 9 heavy (non-hydrogen) atoms. The van der Waals surface area contributed by atoms with E-state index in [0.29, 0.717) is 0 Å². The Hall–Kier alpha value is -0.673. The quantitative estimate of drug-likeness (QED) is 0.546. The molecule has 1 aromatic rings. The predicted molar refractivity (Wildman–Crippen MR) is 36.0 cm³/mol. The van der Waals surface area contributed by atoms with E-state index in [9.17, 15) is 4.39 Å². The molecule has 0 aliphatic rings. The van der Waals surface area contributed by atoms with Crippen molar-refractivity contribution in [1.82, 2.24) is 0 Å². The van der Waals surface area contributed by atoms with E-state index < -0.39 is 0 Å². The summed E-state index contributed by atoms with van der Waals surface area (Å²) in [6, 6.07) is 6.20. The van der Waals surface area contributed by atoms with Crippen LogP contribution < -0.4 is 10.6 Å². The molecule has 1 rings (SSSR count). The molecular formula is C6H6FNSi. The van der Waals surface area contributed by atoms with Gasteiger partial charge in [-0.1, -0.05) is 12.1 Å². The summed E-state index contributed by atoms with van der Waals surface area (Å²) in [5.41, 5.74) is 0. The maximum Gasteiger partial charge on any atom is 0.176 e. The molecule has 0 bridgehead atoms. The van der Waals surface area contributed by atoms with Crippen molar-refractivity contribution in [2.75, 3.05) is 0 Å². The number of hydrogen-bond acceptors (Lipinski definition) is 1. The highest BCUT2D eigenvalue weighted by atomic mass is 28.2. The van der Waals surface area contributed by atoms with Crippen molar-refractivity contribution in [3.63, 3.8) is 0 Å². The molecule has 1 nitrogen and oxygen atoms in total. The van der Waals surface area contributed by atoms with Crippen LogP contribution in [-0.2, 0) is 0 Å². The normalized spacial score (nSPS) is 9.56. The zero-order chi connectivity index (χ0) is 6.69. The van der Waals surface area contributed by atoms with Crippen molar-refractivity contribution in [1.29, 1.82) is 0 Å². The lowest BCUT2D eigenvalue weighted by molar-refractivity contribution is 0.628. The van der Waals surface area contributed by atoms with E-state index in [1.807, 2.05) is 0 Å². The van der Waals surface area contributed by atoms with Crippen molar-refractivity contribution in [2.24, 2.45) is 5.40 Å². The molecule has 0 aliphatic carbocycles. The summed E-state index contributed by atoms with van der Waals surface area (Å²) in [4.78, 5) is 0. The highest BCUT2D eigenvalue weighted by Gasteiger charge is 1.89. The Bertz CT molecular complexity index is 185. The van der Waals surface area contributed by atoms with E-state index in [1.165, 1.54) is 12.1 Å². The topological polar surface area (TPSA) is 26.0 Å². The predicted octanol–water partition coefficient (Wildman–Crippen LogP) is 0.0289. The molecule has 0 amide bonds. The number of benzene rings is 1. The zero-order valence-electron chi connectivity index (χ0n) is 4.76. The Morgan fingerprint density at radius 2 is 1.78 bits per heavy atom. The van der Waals surface area contributed by atoms with Crippen LogP contribution in [0.5, 0.6) is 0 Å². The third kappa shape index (κ3) is 1.62. The maximum atomic E-state index is 12.2. The van der Waals surface area contributed by atoms with Gasteiger partial charge in [-0.15, -0.1) is 0 Å². The third-order valence-corrected chi connectivity index (χ3v) is 1.68. The second-order valence-electron chi connectivity index (χ2n) is 1.65. The summed E-state index contributed by atoms with van der Waals surface area (Å²) >= 11 is 0. The van der Waals surface area contributed by atoms with Gasteiger partial charge in [0.2, 0.25) is 0 Å². The van der Waals surface area contributed by atoms with Crippen LogP contribution in [0.3, 0.4) is 0 Å². The Kier molecular flexibility index (Phi) is 1.97. The lowest BCUT2D eigenvalue weighted by atomic mass is 10.3. The van der Waals surface area contributed by atoms with Gasteiger partial charge in [0.1, 0.15) is 5.82 Å². The molecule has 46 valence electrons.